The second kappa shape index (κ2) is 10.4. The Morgan fingerprint density at radius 2 is 1.83 bits per heavy atom. The SMILES string of the molecule is COc1cc(CNc2ccc(Cl)cc2)cc(Br)c1OCC(=O)Nc1cccc(C)c1. The first-order valence-corrected chi connectivity index (χ1v) is 10.5. The van der Waals surface area contributed by atoms with E-state index in [1.807, 2.05) is 67.6 Å². The van der Waals surface area contributed by atoms with Crippen LogP contribution in [0.15, 0.2) is 65.1 Å². The molecule has 0 aliphatic rings. The average Bonchev–Trinajstić information content (AvgIpc) is 2.72. The van der Waals surface area contributed by atoms with Crippen molar-refractivity contribution in [3.63, 3.8) is 0 Å². The van der Waals surface area contributed by atoms with E-state index in [1.165, 1.54) is 0 Å². The number of methoxy groups -OCH3 is 1. The highest BCUT2D eigenvalue weighted by atomic mass is 79.9. The molecule has 0 fully saturated rings. The normalized spacial score (nSPS) is 10.4. The summed E-state index contributed by atoms with van der Waals surface area (Å²) in [6, 6.07) is 18.9. The summed E-state index contributed by atoms with van der Waals surface area (Å²) >= 11 is 9.44. The van der Waals surface area contributed by atoms with Crippen LogP contribution in [0.1, 0.15) is 11.1 Å². The molecule has 3 rings (SSSR count). The summed E-state index contributed by atoms with van der Waals surface area (Å²) in [5.74, 6) is 0.774. The van der Waals surface area contributed by atoms with Gasteiger partial charge in [-0.2, -0.15) is 0 Å². The molecular weight excluding hydrogens is 468 g/mol. The molecule has 1 amide bonds. The molecule has 30 heavy (non-hydrogen) atoms. The van der Waals surface area contributed by atoms with Gasteiger partial charge in [-0.3, -0.25) is 4.79 Å². The number of benzene rings is 3. The van der Waals surface area contributed by atoms with E-state index in [9.17, 15) is 4.79 Å². The van der Waals surface area contributed by atoms with Crippen LogP contribution < -0.4 is 20.1 Å². The summed E-state index contributed by atoms with van der Waals surface area (Å²) < 4.78 is 11.9. The predicted molar refractivity (Wildman–Crippen MR) is 125 cm³/mol. The number of aryl methyl sites for hydroxylation is 1. The number of anilines is 2. The maximum atomic E-state index is 12.2. The van der Waals surface area contributed by atoms with Crippen molar-refractivity contribution in [1.29, 1.82) is 0 Å². The van der Waals surface area contributed by atoms with Crippen molar-refractivity contribution >= 4 is 44.8 Å². The van der Waals surface area contributed by atoms with Crippen LogP contribution in [-0.4, -0.2) is 19.6 Å². The molecular formula is C23H22BrClN2O3. The lowest BCUT2D eigenvalue weighted by Crippen LogP contribution is -2.20. The van der Waals surface area contributed by atoms with Crippen molar-refractivity contribution in [2.45, 2.75) is 13.5 Å². The van der Waals surface area contributed by atoms with E-state index in [4.69, 9.17) is 21.1 Å². The number of amides is 1. The Bertz CT molecular complexity index is 1030. The highest BCUT2D eigenvalue weighted by Crippen LogP contribution is 2.37. The molecule has 0 aliphatic heterocycles. The largest absolute Gasteiger partial charge is 0.493 e. The minimum absolute atomic E-state index is 0.134. The number of hydrogen-bond acceptors (Lipinski definition) is 4. The number of halogens is 2. The van der Waals surface area contributed by atoms with Crippen molar-refractivity contribution in [3.8, 4) is 11.5 Å². The van der Waals surface area contributed by atoms with Gasteiger partial charge in [0.05, 0.1) is 11.6 Å². The lowest BCUT2D eigenvalue weighted by Gasteiger charge is -2.15. The molecule has 3 aromatic carbocycles. The molecule has 0 spiro atoms. The summed E-state index contributed by atoms with van der Waals surface area (Å²) in [4.78, 5) is 12.2. The third-order valence-electron chi connectivity index (χ3n) is 4.28. The van der Waals surface area contributed by atoms with Crippen LogP contribution in [0.5, 0.6) is 11.5 Å². The monoisotopic (exact) mass is 488 g/mol. The van der Waals surface area contributed by atoms with Crippen molar-refractivity contribution in [2.75, 3.05) is 24.4 Å². The van der Waals surface area contributed by atoms with Crippen LogP contribution in [0.2, 0.25) is 5.02 Å². The van der Waals surface area contributed by atoms with Crippen molar-refractivity contribution in [2.24, 2.45) is 0 Å². The standard InChI is InChI=1S/C23H22BrClN2O3/c1-15-4-3-5-19(10-15)27-22(28)14-30-23-20(24)11-16(12-21(23)29-2)13-26-18-8-6-17(25)7-9-18/h3-12,26H,13-14H2,1-2H3,(H,27,28). The molecule has 0 saturated heterocycles. The van der Waals surface area contributed by atoms with Crippen LogP contribution in [0.4, 0.5) is 11.4 Å². The van der Waals surface area contributed by atoms with E-state index in [1.54, 1.807) is 7.11 Å². The Morgan fingerprint density at radius 3 is 2.53 bits per heavy atom. The molecule has 0 aromatic heterocycles. The van der Waals surface area contributed by atoms with E-state index in [-0.39, 0.29) is 12.5 Å². The Morgan fingerprint density at radius 1 is 1.07 bits per heavy atom. The molecule has 3 aromatic rings. The zero-order valence-electron chi connectivity index (χ0n) is 16.7. The van der Waals surface area contributed by atoms with Gasteiger partial charge in [-0.25, -0.2) is 0 Å². The highest BCUT2D eigenvalue weighted by molar-refractivity contribution is 9.10. The summed E-state index contributed by atoms with van der Waals surface area (Å²) in [5.41, 5.74) is 3.76. The molecule has 0 aliphatic carbocycles. The smallest absolute Gasteiger partial charge is 0.262 e. The summed E-state index contributed by atoms with van der Waals surface area (Å²) in [7, 11) is 1.57. The molecule has 2 N–H and O–H groups in total. The first kappa shape index (κ1) is 22.0. The minimum atomic E-state index is -0.247. The Labute approximate surface area is 189 Å². The van der Waals surface area contributed by atoms with Crippen LogP contribution >= 0.6 is 27.5 Å². The third-order valence-corrected chi connectivity index (χ3v) is 5.12. The van der Waals surface area contributed by atoms with Gasteiger partial charge in [0.2, 0.25) is 0 Å². The lowest BCUT2D eigenvalue weighted by molar-refractivity contribution is -0.118. The first-order chi connectivity index (χ1) is 14.4. The van der Waals surface area contributed by atoms with Gasteiger partial charge in [0, 0.05) is 22.9 Å². The van der Waals surface area contributed by atoms with Gasteiger partial charge < -0.3 is 20.1 Å². The van der Waals surface area contributed by atoms with Gasteiger partial charge in [0.1, 0.15) is 0 Å². The first-order valence-electron chi connectivity index (χ1n) is 9.30. The van der Waals surface area contributed by atoms with Crippen LogP contribution in [0.3, 0.4) is 0 Å². The Balaban J connectivity index is 1.63. The molecule has 0 radical (unpaired) electrons. The van der Waals surface area contributed by atoms with E-state index >= 15 is 0 Å². The number of carbonyl (C=O) groups is 1. The van der Waals surface area contributed by atoms with E-state index in [0.717, 1.165) is 22.5 Å². The van der Waals surface area contributed by atoms with Gasteiger partial charge >= 0.3 is 0 Å². The van der Waals surface area contributed by atoms with Crippen LogP contribution in [-0.2, 0) is 11.3 Å². The topological polar surface area (TPSA) is 59.6 Å². The Kier molecular flexibility index (Phi) is 7.60. The lowest BCUT2D eigenvalue weighted by atomic mass is 10.2. The molecule has 0 saturated carbocycles. The van der Waals surface area contributed by atoms with Gasteiger partial charge in [-0.05, 0) is 82.5 Å². The minimum Gasteiger partial charge on any atom is -0.493 e. The molecule has 7 heteroatoms. The maximum Gasteiger partial charge on any atom is 0.262 e. The molecule has 0 unspecified atom stereocenters. The van der Waals surface area contributed by atoms with E-state index in [2.05, 4.69) is 26.6 Å². The van der Waals surface area contributed by atoms with Gasteiger partial charge in [0.25, 0.3) is 5.91 Å². The quantitative estimate of drug-likeness (QED) is 0.404. The summed E-state index contributed by atoms with van der Waals surface area (Å²) in [6.07, 6.45) is 0. The van der Waals surface area contributed by atoms with Crippen molar-refractivity contribution in [3.05, 3.63) is 81.3 Å². The van der Waals surface area contributed by atoms with Crippen LogP contribution in [0.25, 0.3) is 0 Å². The fourth-order valence-corrected chi connectivity index (χ4v) is 3.57. The molecule has 0 atom stereocenters. The summed E-state index contributed by atoms with van der Waals surface area (Å²) in [5, 5.41) is 6.85. The molecule has 5 nitrogen and oxygen atoms in total. The van der Waals surface area contributed by atoms with E-state index in [0.29, 0.717) is 27.5 Å². The van der Waals surface area contributed by atoms with Crippen molar-refractivity contribution in [1.82, 2.24) is 0 Å². The predicted octanol–water partition coefficient (Wildman–Crippen LogP) is 6.05. The number of rotatable bonds is 8. The third kappa shape index (κ3) is 6.15. The zero-order valence-corrected chi connectivity index (χ0v) is 19.0. The molecule has 156 valence electrons. The van der Waals surface area contributed by atoms with Crippen molar-refractivity contribution < 1.29 is 14.3 Å². The van der Waals surface area contributed by atoms with Gasteiger partial charge in [0.15, 0.2) is 18.1 Å². The number of carbonyl (C=O) groups excluding carboxylic acids is 1. The van der Waals surface area contributed by atoms with Gasteiger partial charge in [-0.15, -0.1) is 0 Å². The maximum absolute atomic E-state index is 12.2. The summed E-state index contributed by atoms with van der Waals surface area (Å²) in [6.45, 7) is 2.42. The second-order valence-electron chi connectivity index (χ2n) is 6.68. The average molecular weight is 490 g/mol. The highest BCUT2D eigenvalue weighted by Gasteiger charge is 2.14. The number of nitrogens with one attached hydrogen (secondary N) is 2. The number of hydrogen-bond donors (Lipinski definition) is 2. The zero-order chi connectivity index (χ0) is 21.5. The molecule has 0 bridgehead atoms. The fraction of sp³-hybridized carbons (Fsp3) is 0.174. The van der Waals surface area contributed by atoms with Crippen LogP contribution in [0, 0.1) is 6.92 Å². The van der Waals surface area contributed by atoms with Gasteiger partial charge in [-0.1, -0.05) is 23.7 Å². The fourth-order valence-electron chi connectivity index (χ4n) is 2.84. The van der Waals surface area contributed by atoms with E-state index < -0.39 is 0 Å². The molecule has 0 heterocycles. The number of ether oxygens (including phenoxy) is 2. The second-order valence-corrected chi connectivity index (χ2v) is 7.97. The Hall–Kier alpha value is -2.70.